The average molecular weight is 287 g/mol. The van der Waals surface area contributed by atoms with Crippen molar-refractivity contribution < 1.29 is 9.84 Å². The Balaban J connectivity index is 2.22. The Labute approximate surface area is 124 Å². The van der Waals surface area contributed by atoms with E-state index in [4.69, 9.17) is 4.74 Å². The van der Waals surface area contributed by atoms with Crippen molar-refractivity contribution in [3.8, 4) is 5.88 Å². The lowest BCUT2D eigenvalue weighted by Crippen LogP contribution is -2.08. The molecule has 0 atom stereocenters. The first-order valence-corrected chi connectivity index (χ1v) is 7.19. The van der Waals surface area contributed by atoms with Gasteiger partial charge in [0, 0.05) is 38.6 Å². The van der Waals surface area contributed by atoms with Crippen LogP contribution in [0.3, 0.4) is 0 Å². The molecule has 1 N–H and O–H groups in total. The fourth-order valence-corrected chi connectivity index (χ4v) is 2.78. The molecule has 1 aliphatic heterocycles. The highest BCUT2D eigenvalue weighted by Crippen LogP contribution is 2.34. The molecule has 0 radical (unpaired) electrons. The molecule has 0 fully saturated rings. The van der Waals surface area contributed by atoms with Crippen LogP contribution in [-0.4, -0.2) is 49.2 Å². The maximum Gasteiger partial charge on any atom is 0.201 e. The van der Waals surface area contributed by atoms with Crippen LogP contribution in [0.2, 0.25) is 0 Å². The summed E-state index contributed by atoms with van der Waals surface area (Å²) in [5.41, 5.74) is 3.91. The monoisotopic (exact) mass is 287 g/mol. The van der Waals surface area contributed by atoms with Gasteiger partial charge in [-0.25, -0.2) is 0 Å². The minimum Gasteiger partial charge on any atom is -0.494 e. The van der Waals surface area contributed by atoms with E-state index in [1.165, 1.54) is 0 Å². The summed E-state index contributed by atoms with van der Waals surface area (Å²) in [6, 6.07) is 6.21. The number of hydrogen-bond acceptors (Lipinski definition) is 4. The van der Waals surface area contributed by atoms with E-state index in [0.29, 0.717) is 19.8 Å². The van der Waals surface area contributed by atoms with E-state index in [0.717, 1.165) is 34.3 Å². The first kappa shape index (κ1) is 13.9. The minimum atomic E-state index is 0.279. The Morgan fingerprint density at radius 3 is 2.86 bits per heavy atom. The molecular formula is C16H21N3O2. The molecule has 0 bridgehead atoms. The number of ether oxygens (including phenoxy) is 1. The molecule has 0 saturated carbocycles. The van der Waals surface area contributed by atoms with Gasteiger partial charge >= 0.3 is 0 Å². The summed E-state index contributed by atoms with van der Waals surface area (Å²) in [7, 11) is 5.91. The molecule has 1 aromatic heterocycles. The summed E-state index contributed by atoms with van der Waals surface area (Å²) in [4.78, 5) is 6.66. The van der Waals surface area contributed by atoms with Crippen molar-refractivity contribution in [2.45, 2.75) is 6.42 Å². The third-order valence-corrected chi connectivity index (χ3v) is 3.98. The maximum atomic E-state index is 10.5. The zero-order chi connectivity index (χ0) is 15.0. The molecule has 0 spiro atoms. The van der Waals surface area contributed by atoms with E-state index in [1.807, 2.05) is 31.8 Å². The molecule has 2 aromatic rings. The summed E-state index contributed by atoms with van der Waals surface area (Å²) in [6.45, 7) is 1.96. The third-order valence-electron chi connectivity index (χ3n) is 3.98. The van der Waals surface area contributed by atoms with E-state index >= 15 is 0 Å². The van der Waals surface area contributed by atoms with Crippen LogP contribution in [0.25, 0.3) is 10.9 Å². The van der Waals surface area contributed by atoms with Crippen LogP contribution in [0.5, 0.6) is 5.88 Å². The number of rotatable bonds is 2. The highest BCUT2D eigenvalue weighted by atomic mass is 16.5. The van der Waals surface area contributed by atoms with Gasteiger partial charge in [0.15, 0.2) is 0 Å². The lowest BCUT2D eigenvalue weighted by molar-refractivity contribution is 0.153. The van der Waals surface area contributed by atoms with Crippen molar-refractivity contribution in [1.82, 2.24) is 4.57 Å². The van der Waals surface area contributed by atoms with E-state index in [-0.39, 0.29) is 5.88 Å². The largest absolute Gasteiger partial charge is 0.494 e. The number of aromatic nitrogens is 1. The van der Waals surface area contributed by atoms with Crippen LogP contribution in [0.4, 0.5) is 5.69 Å². The third kappa shape index (κ3) is 2.38. The number of aryl methyl sites for hydroxylation is 1. The van der Waals surface area contributed by atoms with E-state index in [2.05, 4.69) is 22.0 Å². The molecule has 2 heterocycles. The molecule has 0 amide bonds. The Morgan fingerprint density at radius 1 is 1.29 bits per heavy atom. The van der Waals surface area contributed by atoms with Gasteiger partial charge in [-0.05, 0) is 18.2 Å². The highest BCUT2D eigenvalue weighted by molar-refractivity contribution is 6.14. The van der Waals surface area contributed by atoms with Gasteiger partial charge in [0.25, 0.3) is 0 Å². The summed E-state index contributed by atoms with van der Waals surface area (Å²) in [5.74, 6) is 0.279. The molecule has 21 heavy (non-hydrogen) atoms. The number of aromatic hydroxyl groups is 1. The summed E-state index contributed by atoms with van der Waals surface area (Å²) in [6.07, 6.45) is 0.735. The van der Waals surface area contributed by atoms with Crippen molar-refractivity contribution in [2.75, 3.05) is 38.8 Å². The second-order valence-corrected chi connectivity index (χ2v) is 5.54. The standard InChI is InChI=1S/C16H21N3O2/c1-18(2)11-4-5-14-12(10-11)15(16(20)19(14)3)13-6-8-21-9-7-17-13/h4-5,10,20H,6-9H2,1-3H3. The molecule has 3 rings (SSSR count). The molecule has 5 heteroatoms. The SMILES string of the molecule is CN(C)c1ccc2c(c1)c(C1=NCCOCC1)c(O)n2C. The van der Waals surface area contributed by atoms with Gasteiger partial charge in [-0.1, -0.05) is 0 Å². The fourth-order valence-electron chi connectivity index (χ4n) is 2.78. The second kappa shape index (κ2) is 5.41. The van der Waals surface area contributed by atoms with Gasteiger partial charge in [-0.15, -0.1) is 0 Å². The number of fused-ring (bicyclic) bond motifs is 1. The van der Waals surface area contributed by atoms with Crippen molar-refractivity contribution in [2.24, 2.45) is 12.0 Å². The molecular weight excluding hydrogens is 266 g/mol. The second-order valence-electron chi connectivity index (χ2n) is 5.54. The van der Waals surface area contributed by atoms with E-state index in [1.54, 1.807) is 0 Å². The number of nitrogens with zero attached hydrogens (tertiary/aromatic N) is 3. The van der Waals surface area contributed by atoms with Crippen molar-refractivity contribution in [1.29, 1.82) is 0 Å². The number of anilines is 1. The average Bonchev–Trinajstić information content (AvgIpc) is 2.67. The molecule has 1 aliphatic rings. The fraction of sp³-hybridized carbons (Fsp3) is 0.438. The lowest BCUT2D eigenvalue weighted by atomic mass is 10.1. The minimum absolute atomic E-state index is 0.279. The van der Waals surface area contributed by atoms with Crippen LogP contribution in [0.1, 0.15) is 12.0 Å². The number of benzene rings is 1. The van der Waals surface area contributed by atoms with Crippen LogP contribution in [0, 0.1) is 0 Å². The lowest BCUT2D eigenvalue weighted by Gasteiger charge is -2.12. The van der Waals surface area contributed by atoms with Gasteiger partial charge in [0.05, 0.1) is 36.6 Å². The normalized spacial score (nSPS) is 15.9. The Morgan fingerprint density at radius 2 is 2.10 bits per heavy atom. The van der Waals surface area contributed by atoms with Crippen LogP contribution in [-0.2, 0) is 11.8 Å². The topological polar surface area (TPSA) is 50.0 Å². The molecule has 0 unspecified atom stereocenters. The van der Waals surface area contributed by atoms with Gasteiger partial charge in [-0.3, -0.25) is 4.99 Å². The Bertz CT molecular complexity index is 701. The van der Waals surface area contributed by atoms with Crippen LogP contribution in [0.15, 0.2) is 23.2 Å². The van der Waals surface area contributed by atoms with E-state index < -0.39 is 0 Å². The van der Waals surface area contributed by atoms with Gasteiger partial charge in [0.2, 0.25) is 5.88 Å². The smallest absolute Gasteiger partial charge is 0.201 e. The van der Waals surface area contributed by atoms with Gasteiger partial charge < -0.3 is 19.3 Å². The molecule has 0 saturated heterocycles. The summed E-state index contributed by atoms with van der Waals surface area (Å²) in [5, 5.41) is 11.6. The van der Waals surface area contributed by atoms with Crippen molar-refractivity contribution in [3.05, 3.63) is 23.8 Å². The van der Waals surface area contributed by atoms with Crippen molar-refractivity contribution >= 4 is 22.3 Å². The predicted molar refractivity (Wildman–Crippen MR) is 85.8 cm³/mol. The van der Waals surface area contributed by atoms with Gasteiger partial charge in [0.1, 0.15) is 0 Å². The molecule has 0 aliphatic carbocycles. The zero-order valence-corrected chi connectivity index (χ0v) is 12.8. The van der Waals surface area contributed by atoms with Crippen LogP contribution >= 0.6 is 0 Å². The maximum absolute atomic E-state index is 10.5. The summed E-state index contributed by atoms with van der Waals surface area (Å²) < 4.78 is 7.27. The Kier molecular flexibility index (Phi) is 3.59. The zero-order valence-electron chi connectivity index (χ0n) is 12.8. The number of aliphatic imine (C=N–C) groups is 1. The first-order valence-electron chi connectivity index (χ1n) is 7.19. The quantitative estimate of drug-likeness (QED) is 0.921. The van der Waals surface area contributed by atoms with Crippen LogP contribution < -0.4 is 4.90 Å². The van der Waals surface area contributed by atoms with E-state index in [9.17, 15) is 5.11 Å². The highest BCUT2D eigenvalue weighted by Gasteiger charge is 2.20. The Hall–Kier alpha value is -2.01. The molecule has 5 nitrogen and oxygen atoms in total. The molecule has 112 valence electrons. The predicted octanol–water partition coefficient (Wildman–Crippen LogP) is 2.16. The number of hydrogen-bond donors (Lipinski definition) is 1. The van der Waals surface area contributed by atoms with Crippen molar-refractivity contribution in [3.63, 3.8) is 0 Å². The van der Waals surface area contributed by atoms with Gasteiger partial charge in [-0.2, -0.15) is 0 Å². The summed E-state index contributed by atoms with van der Waals surface area (Å²) >= 11 is 0. The molecule has 1 aromatic carbocycles. The first-order chi connectivity index (χ1) is 10.1.